The quantitative estimate of drug-likeness (QED) is 0.469. The van der Waals surface area contributed by atoms with Crippen LogP contribution in [-0.4, -0.2) is 67.7 Å². The van der Waals surface area contributed by atoms with Gasteiger partial charge < -0.3 is 4.90 Å². The Morgan fingerprint density at radius 2 is 1.86 bits per heavy atom. The topological polar surface area (TPSA) is 67.2 Å². The van der Waals surface area contributed by atoms with Crippen LogP contribution in [0, 0.1) is 0 Å². The number of carbonyl (C=O) groups excluding carboxylic acids is 1. The van der Waals surface area contributed by atoms with Crippen molar-refractivity contribution in [2.24, 2.45) is 0 Å². The van der Waals surface area contributed by atoms with Gasteiger partial charge in [-0.25, -0.2) is 14.6 Å². The van der Waals surface area contributed by atoms with E-state index in [4.69, 9.17) is 0 Å². The predicted molar refractivity (Wildman–Crippen MR) is 129 cm³/mol. The van der Waals surface area contributed by atoms with Gasteiger partial charge in [0, 0.05) is 36.8 Å². The number of likely N-dealkylation sites (tertiary alicyclic amines) is 1. The van der Waals surface area contributed by atoms with Gasteiger partial charge in [-0.2, -0.15) is 18.3 Å². The van der Waals surface area contributed by atoms with Crippen molar-refractivity contribution >= 4 is 5.91 Å². The zero-order chi connectivity index (χ0) is 25.4. The standard InChI is InChI=1S/C26H29F3N6O/c1-3-33(4-2)18-12-14-34(16-18)24(36)20-15-31-35(23(20)17-9-10-17)25-30-13-11-22(32-25)19-7-5-6-8-21(19)26(27,28)29/h5-8,11,13,15,17-18H,3-4,9-10,12,14,16H2,1-2H3/t18-/m0/s1. The van der Waals surface area contributed by atoms with E-state index in [-0.39, 0.29) is 29.0 Å². The predicted octanol–water partition coefficient (Wildman–Crippen LogP) is 4.78. The van der Waals surface area contributed by atoms with Crippen molar-refractivity contribution in [3.8, 4) is 17.2 Å². The minimum atomic E-state index is -4.51. The third kappa shape index (κ3) is 4.61. The molecule has 36 heavy (non-hydrogen) atoms. The normalized spacial score (nSPS) is 18.3. The van der Waals surface area contributed by atoms with E-state index in [0.29, 0.717) is 24.7 Å². The molecule has 10 heteroatoms. The molecule has 3 heterocycles. The molecule has 0 unspecified atom stereocenters. The summed E-state index contributed by atoms with van der Waals surface area (Å²) in [4.78, 5) is 26.5. The monoisotopic (exact) mass is 498 g/mol. The maximum atomic E-state index is 13.6. The fraction of sp³-hybridized carbons (Fsp3) is 0.462. The smallest absolute Gasteiger partial charge is 0.337 e. The first-order valence-electron chi connectivity index (χ1n) is 12.4. The Hall–Kier alpha value is -3.27. The van der Waals surface area contributed by atoms with Crippen LogP contribution in [0.2, 0.25) is 0 Å². The van der Waals surface area contributed by atoms with Gasteiger partial charge in [0.15, 0.2) is 0 Å². The van der Waals surface area contributed by atoms with Crippen molar-refractivity contribution in [2.45, 2.75) is 51.2 Å². The lowest BCUT2D eigenvalue weighted by atomic mass is 10.0. The maximum Gasteiger partial charge on any atom is 0.417 e. The average Bonchev–Trinajstić information content (AvgIpc) is 3.43. The Bertz CT molecular complexity index is 1250. The number of alkyl halides is 3. The molecule has 0 bridgehead atoms. The second-order valence-electron chi connectivity index (χ2n) is 9.33. The molecule has 0 radical (unpaired) electrons. The third-order valence-electron chi connectivity index (χ3n) is 7.12. The fourth-order valence-electron chi connectivity index (χ4n) is 5.12. The number of carbonyl (C=O) groups is 1. The molecular formula is C26H29F3N6O. The van der Waals surface area contributed by atoms with Gasteiger partial charge in [-0.1, -0.05) is 32.0 Å². The molecule has 1 saturated heterocycles. The molecule has 1 amide bonds. The Morgan fingerprint density at radius 1 is 1.11 bits per heavy atom. The summed E-state index contributed by atoms with van der Waals surface area (Å²) in [6.45, 7) is 7.51. The lowest BCUT2D eigenvalue weighted by Crippen LogP contribution is -2.38. The van der Waals surface area contributed by atoms with Gasteiger partial charge in [0.25, 0.3) is 11.9 Å². The van der Waals surface area contributed by atoms with Crippen LogP contribution in [0.25, 0.3) is 17.2 Å². The molecule has 2 aromatic heterocycles. The molecule has 0 N–H and O–H groups in total. The van der Waals surface area contributed by atoms with Crippen molar-refractivity contribution in [2.75, 3.05) is 26.2 Å². The van der Waals surface area contributed by atoms with Crippen LogP contribution in [-0.2, 0) is 6.18 Å². The third-order valence-corrected chi connectivity index (χ3v) is 7.12. The van der Waals surface area contributed by atoms with Crippen molar-refractivity contribution in [3.63, 3.8) is 0 Å². The molecule has 2 aliphatic rings. The van der Waals surface area contributed by atoms with Gasteiger partial charge in [0.2, 0.25) is 0 Å². The van der Waals surface area contributed by atoms with Crippen molar-refractivity contribution < 1.29 is 18.0 Å². The molecule has 0 spiro atoms. The minimum Gasteiger partial charge on any atom is -0.337 e. The van der Waals surface area contributed by atoms with Crippen LogP contribution in [0.15, 0.2) is 42.7 Å². The lowest BCUT2D eigenvalue weighted by Gasteiger charge is -2.26. The van der Waals surface area contributed by atoms with Gasteiger partial charge in [-0.15, -0.1) is 0 Å². The number of halogens is 3. The number of aromatic nitrogens is 4. The number of nitrogens with zero attached hydrogens (tertiary/aromatic N) is 6. The molecule has 3 aromatic rings. The van der Waals surface area contributed by atoms with E-state index in [1.807, 2.05) is 4.90 Å². The second-order valence-corrected chi connectivity index (χ2v) is 9.33. The number of amides is 1. The van der Waals surface area contributed by atoms with E-state index in [2.05, 4.69) is 33.8 Å². The first-order valence-corrected chi connectivity index (χ1v) is 12.4. The molecule has 2 fully saturated rings. The van der Waals surface area contributed by atoms with E-state index in [1.165, 1.54) is 29.1 Å². The number of likely N-dealkylation sites (N-methyl/N-ethyl adjacent to an activating group) is 1. The Kier molecular flexibility index (Phi) is 6.55. The summed E-state index contributed by atoms with van der Waals surface area (Å²) in [5.74, 6) is 0.256. The largest absolute Gasteiger partial charge is 0.417 e. The van der Waals surface area contributed by atoms with Gasteiger partial charge in [-0.05, 0) is 44.5 Å². The van der Waals surface area contributed by atoms with Gasteiger partial charge >= 0.3 is 6.18 Å². The summed E-state index contributed by atoms with van der Waals surface area (Å²) in [5.41, 5.74) is 0.643. The van der Waals surface area contributed by atoms with Gasteiger partial charge in [0.05, 0.1) is 28.7 Å². The molecule has 1 aliphatic heterocycles. The summed E-state index contributed by atoms with van der Waals surface area (Å²) < 4.78 is 42.3. The Morgan fingerprint density at radius 3 is 2.56 bits per heavy atom. The summed E-state index contributed by atoms with van der Waals surface area (Å²) in [7, 11) is 0. The molecule has 7 nitrogen and oxygen atoms in total. The first-order chi connectivity index (χ1) is 17.3. The fourth-order valence-corrected chi connectivity index (χ4v) is 5.12. The lowest BCUT2D eigenvalue weighted by molar-refractivity contribution is -0.137. The zero-order valence-corrected chi connectivity index (χ0v) is 20.4. The molecule has 1 saturated carbocycles. The van der Waals surface area contributed by atoms with Gasteiger partial charge in [0.1, 0.15) is 0 Å². The summed E-state index contributed by atoms with van der Waals surface area (Å²) in [6.07, 6.45) is 1.25. The summed E-state index contributed by atoms with van der Waals surface area (Å²) in [5, 5.41) is 4.44. The van der Waals surface area contributed by atoms with Crippen LogP contribution < -0.4 is 0 Å². The number of rotatable bonds is 7. The Labute approximate surface area is 208 Å². The minimum absolute atomic E-state index is 0.0235. The number of hydrogen-bond donors (Lipinski definition) is 0. The van der Waals surface area contributed by atoms with Crippen LogP contribution in [0.1, 0.15) is 60.6 Å². The van der Waals surface area contributed by atoms with Crippen LogP contribution in [0.4, 0.5) is 13.2 Å². The molecular weight excluding hydrogens is 469 g/mol. The highest BCUT2D eigenvalue weighted by molar-refractivity contribution is 5.95. The molecule has 190 valence electrons. The SMILES string of the molecule is CCN(CC)[C@H]1CCN(C(=O)c2cnn(-c3nccc(-c4ccccc4C(F)(F)F)n3)c2C2CC2)C1. The second kappa shape index (κ2) is 9.65. The highest BCUT2D eigenvalue weighted by Gasteiger charge is 2.37. The molecule has 1 aliphatic carbocycles. The van der Waals surface area contributed by atoms with E-state index in [9.17, 15) is 18.0 Å². The van der Waals surface area contributed by atoms with Crippen molar-refractivity contribution in [3.05, 3.63) is 59.5 Å². The van der Waals surface area contributed by atoms with E-state index >= 15 is 0 Å². The molecule has 1 atom stereocenters. The highest BCUT2D eigenvalue weighted by atomic mass is 19.4. The van der Waals surface area contributed by atoms with E-state index in [0.717, 1.165) is 44.1 Å². The zero-order valence-electron chi connectivity index (χ0n) is 20.4. The summed E-state index contributed by atoms with van der Waals surface area (Å²) in [6, 6.07) is 7.14. The van der Waals surface area contributed by atoms with Crippen molar-refractivity contribution in [1.29, 1.82) is 0 Å². The first kappa shape index (κ1) is 24.4. The van der Waals surface area contributed by atoms with Crippen molar-refractivity contribution in [1.82, 2.24) is 29.5 Å². The van der Waals surface area contributed by atoms with Gasteiger partial charge in [-0.3, -0.25) is 9.69 Å². The van der Waals surface area contributed by atoms with Crippen LogP contribution >= 0.6 is 0 Å². The maximum absolute atomic E-state index is 13.6. The average molecular weight is 499 g/mol. The number of hydrogen-bond acceptors (Lipinski definition) is 5. The number of benzene rings is 1. The van der Waals surface area contributed by atoms with Crippen LogP contribution in [0.3, 0.4) is 0 Å². The van der Waals surface area contributed by atoms with Crippen LogP contribution in [0.5, 0.6) is 0 Å². The molecule has 1 aromatic carbocycles. The summed E-state index contributed by atoms with van der Waals surface area (Å²) >= 11 is 0. The Balaban J connectivity index is 1.47. The molecule has 5 rings (SSSR count). The van der Waals surface area contributed by atoms with E-state index < -0.39 is 11.7 Å². The highest BCUT2D eigenvalue weighted by Crippen LogP contribution is 2.43. The van der Waals surface area contributed by atoms with E-state index in [1.54, 1.807) is 12.3 Å².